The van der Waals surface area contributed by atoms with Crippen LogP contribution in [-0.2, 0) is 10.3 Å². The van der Waals surface area contributed by atoms with Crippen LogP contribution >= 0.6 is 0 Å². The molecule has 1 fully saturated rings. The molecule has 0 radical (unpaired) electrons. The van der Waals surface area contributed by atoms with Crippen LogP contribution in [0.1, 0.15) is 5.69 Å². The lowest BCUT2D eigenvalue weighted by molar-refractivity contribution is -0.124. The Hall–Kier alpha value is -2.02. The van der Waals surface area contributed by atoms with Gasteiger partial charge in [-0.15, -0.1) is 0 Å². The minimum Gasteiger partial charge on any atom is -0.327 e. The first-order chi connectivity index (χ1) is 7.19. The number of imide groups is 1. The zero-order valence-electron chi connectivity index (χ0n) is 7.73. The van der Waals surface area contributed by atoms with Crippen LogP contribution in [0, 0.1) is 0 Å². The maximum Gasteiger partial charge on any atom is 0.322 e. The molecule has 7 heteroatoms. The van der Waals surface area contributed by atoms with Crippen molar-refractivity contribution in [2.75, 3.05) is 6.54 Å². The molecule has 2 heterocycles. The maximum atomic E-state index is 11.6. The number of urea groups is 1. The predicted octanol–water partition coefficient (Wildman–Crippen LogP) is -1.53. The topological polar surface area (TPSA) is 110 Å². The molecule has 7 nitrogen and oxygen atoms in total. The zero-order chi connectivity index (χ0) is 10.9. The Morgan fingerprint density at radius 3 is 2.67 bits per heavy atom. The van der Waals surface area contributed by atoms with Gasteiger partial charge in [-0.2, -0.15) is 0 Å². The molecule has 1 aromatic heterocycles. The molecule has 0 bridgehead atoms. The van der Waals surface area contributed by atoms with E-state index in [0.29, 0.717) is 5.69 Å². The van der Waals surface area contributed by atoms with Gasteiger partial charge < -0.3 is 11.1 Å². The van der Waals surface area contributed by atoms with E-state index in [1.54, 1.807) is 0 Å². The molecule has 1 aromatic rings. The van der Waals surface area contributed by atoms with Gasteiger partial charge in [-0.3, -0.25) is 20.1 Å². The molecule has 1 atom stereocenters. The van der Waals surface area contributed by atoms with Crippen LogP contribution in [0.5, 0.6) is 0 Å². The molecule has 0 unspecified atom stereocenters. The van der Waals surface area contributed by atoms with E-state index in [1.807, 2.05) is 0 Å². The fourth-order valence-corrected chi connectivity index (χ4v) is 1.44. The van der Waals surface area contributed by atoms with Gasteiger partial charge in [0.05, 0.1) is 11.9 Å². The number of nitrogens with two attached hydrogens (primary N) is 1. The summed E-state index contributed by atoms with van der Waals surface area (Å²) in [7, 11) is 0. The monoisotopic (exact) mass is 207 g/mol. The lowest BCUT2D eigenvalue weighted by Gasteiger charge is -2.22. The molecule has 1 saturated heterocycles. The fraction of sp³-hybridized carbons (Fsp3) is 0.250. The normalized spacial score (nSPS) is 24.9. The second-order valence-corrected chi connectivity index (χ2v) is 3.11. The standard InChI is InChI=1S/C8H9N5O2/c9-4-8(5-3-10-1-2-11-5)6(14)12-7(15)13-8/h1-3H,4,9H2,(H2,12,13,14,15)/t8-/m1/s1. The maximum absolute atomic E-state index is 11.6. The second kappa shape index (κ2) is 3.28. The minimum absolute atomic E-state index is 0.0662. The van der Waals surface area contributed by atoms with Gasteiger partial charge in [0.2, 0.25) is 0 Å². The SMILES string of the molecule is NC[C@]1(c2cnccn2)NC(=O)NC1=O. The van der Waals surface area contributed by atoms with E-state index < -0.39 is 17.5 Å². The molecule has 1 aliphatic heterocycles. The summed E-state index contributed by atoms with van der Waals surface area (Å²) in [5, 5.41) is 4.58. The van der Waals surface area contributed by atoms with Crippen LogP contribution in [0.3, 0.4) is 0 Å². The molecule has 4 N–H and O–H groups in total. The second-order valence-electron chi connectivity index (χ2n) is 3.11. The highest BCUT2D eigenvalue weighted by Gasteiger charge is 2.48. The van der Waals surface area contributed by atoms with Crippen LogP contribution in [0.4, 0.5) is 4.79 Å². The highest BCUT2D eigenvalue weighted by molar-refractivity contribution is 6.07. The zero-order valence-corrected chi connectivity index (χ0v) is 7.73. The Labute approximate surface area is 85.1 Å². The summed E-state index contributed by atoms with van der Waals surface area (Å²) in [4.78, 5) is 30.5. The third kappa shape index (κ3) is 1.33. The Morgan fingerprint density at radius 2 is 2.20 bits per heavy atom. The first-order valence-corrected chi connectivity index (χ1v) is 4.29. The average Bonchev–Trinajstić information content (AvgIpc) is 2.56. The van der Waals surface area contributed by atoms with Gasteiger partial charge in [0, 0.05) is 18.9 Å². The molecule has 0 saturated carbocycles. The van der Waals surface area contributed by atoms with Gasteiger partial charge in [-0.25, -0.2) is 4.79 Å². The minimum atomic E-state index is -1.29. The van der Waals surface area contributed by atoms with Gasteiger partial charge in [-0.05, 0) is 0 Å². The highest BCUT2D eigenvalue weighted by atomic mass is 16.2. The Kier molecular flexibility index (Phi) is 2.09. The number of nitrogens with zero attached hydrogens (tertiary/aromatic N) is 2. The van der Waals surface area contributed by atoms with Gasteiger partial charge in [0.1, 0.15) is 0 Å². The Morgan fingerprint density at radius 1 is 1.40 bits per heavy atom. The van der Waals surface area contributed by atoms with Crippen molar-refractivity contribution < 1.29 is 9.59 Å². The lowest BCUT2D eigenvalue weighted by Crippen LogP contribution is -2.50. The number of carbonyl (C=O) groups is 2. The molecular weight excluding hydrogens is 198 g/mol. The van der Waals surface area contributed by atoms with E-state index >= 15 is 0 Å². The Bertz CT molecular complexity index is 407. The lowest BCUT2D eigenvalue weighted by atomic mass is 9.96. The van der Waals surface area contributed by atoms with Crippen LogP contribution in [-0.4, -0.2) is 28.5 Å². The number of aromatic nitrogens is 2. The van der Waals surface area contributed by atoms with Gasteiger partial charge >= 0.3 is 6.03 Å². The number of hydrogen-bond donors (Lipinski definition) is 3. The molecule has 0 aromatic carbocycles. The number of nitrogens with one attached hydrogen (secondary N) is 2. The molecule has 1 aliphatic rings. The van der Waals surface area contributed by atoms with E-state index in [4.69, 9.17) is 5.73 Å². The van der Waals surface area contributed by atoms with Crippen LogP contribution in [0.2, 0.25) is 0 Å². The summed E-state index contributed by atoms with van der Waals surface area (Å²) in [6.07, 6.45) is 4.31. The van der Waals surface area contributed by atoms with Crippen LogP contribution in [0.25, 0.3) is 0 Å². The quantitative estimate of drug-likeness (QED) is 0.509. The van der Waals surface area contributed by atoms with E-state index in [-0.39, 0.29) is 6.54 Å². The van der Waals surface area contributed by atoms with Gasteiger partial charge in [0.25, 0.3) is 5.91 Å². The summed E-state index contributed by atoms with van der Waals surface area (Å²) in [5.41, 5.74) is 4.55. The summed E-state index contributed by atoms with van der Waals surface area (Å²) >= 11 is 0. The predicted molar refractivity (Wildman–Crippen MR) is 49.4 cm³/mol. The van der Waals surface area contributed by atoms with Crippen molar-refractivity contribution in [2.45, 2.75) is 5.54 Å². The molecule has 0 aliphatic carbocycles. The first-order valence-electron chi connectivity index (χ1n) is 4.29. The van der Waals surface area contributed by atoms with Crippen molar-refractivity contribution in [3.8, 4) is 0 Å². The molecule has 15 heavy (non-hydrogen) atoms. The van der Waals surface area contributed by atoms with Crippen LogP contribution in [0.15, 0.2) is 18.6 Å². The van der Waals surface area contributed by atoms with E-state index in [1.165, 1.54) is 18.6 Å². The smallest absolute Gasteiger partial charge is 0.322 e. The average molecular weight is 207 g/mol. The highest BCUT2D eigenvalue weighted by Crippen LogP contribution is 2.20. The fourth-order valence-electron chi connectivity index (χ4n) is 1.44. The van der Waals surface area contributed by atoms with Crippen molar-refractivity contribution in [3.05, 3.63) is 24.3 Å². The molecule has 0 spiro atoms. The molecule has 78 valence electrons. The molecule has 2 rings (SSSR count). The third-order valence-corrected chi connectivity index (χ3v) is 2.25. The Balaban J connectivity index is 2.47. The van der Waals surface area contributed by atoms with Gasteiger partial charge in [-0.1, -0.05) is 0 Å². The molecular formula is C8H9N5O2. The number of carbonyl (C=O) groups excluding carboxylic acids is 2. The summed E-state index contributed by atoms with van der Waals surface area (Å²) < 4.78 is 0. The van der Waals surface area contributed by atoms with Crippen molar-refractivity contribution >= 4 is 11.9 Å². The molecule has 3 amide bonds. The van der Waals surface area contributed by atoms with Crippen LogP contribution < -0.4 is 16.4 Å². The van der Waals surface area contributed by atoms with Gasteiger partial charge in [0.15, 0.2) is 5.54 Å². The number of hydrogen-bond acceptors (Lipinski definition) is 5. The van der Waals surface area contributed by atoms with Crippen molar-refractivity contribution in [1.29, 1.82) is 0 Å². The third-order valence-electron chi connectivity index (χ3n) is 2.25. The van der Waals surface area contributed by atoms with E-state index in [9.17, 15) is 9.59 Å². The van der Waals surface area contributed by atoms with Crippen molar-refractivity contribution in [1.82, 2.24) is 20.6 Å². The first kappa shape index (κ1) is 9.53. The summed E-state index contributed by atoms with van der Waals surface area (Å²) in [5.74, 6) is -0.504. The number of rotatable bonds is 2. The summed E-state index contributed by atoms with van der Waals surface area (Å²) in [6, 6.07) is -0.573. The summed E-state index contributed by atoms with van der Waals surface area (Å²) in [6.45, 7) is -0.0662. The largest absolute Gasteiger partial charge is 0.327 e. The van der Waals surface area contributed by atoms with E-state index in [2.05, 4.69) is 20.6 Å². The number of amides is 3. The van der Waals surface area contributed by atoms with Crippen molar-refractivity contribution in [2.24, 2.45) is 5.73 Å². The van der Waals surface area contributed by atoms with E-state index in [0.717, 1.165) is 0 Å². The van der Waals surface area contributed by atoms with Crippen molar-refractivity contribution in [3.63, 3.8) is 0 Å².